The van der Waals surface area contributed by atoms with E-state index in [4.69, 9.17) is 18.9 Å². The number of nitrogens with one attached hydrogen (secondary N) is 1. The Balaban J connectivity index is 1.31. The lowest BCUT2D eigenvalue weighted by molar-refractivity contribution is 0.102. The van der Waals surface area contributed by atoms with Crippen LogP contribution in [-0.2, 0) is 11.2 Å². The summed E-state index contributed by atoms with van der Waals surface area (Å²) in [5.41, 5.74) is 2.62. The first kappa shape index (κ1) is 26.3. The first-order chi connectivity index (χ1) is 19.1. The second kappa shape index (κ2) is 12.0. The summed E-state index contributed by atoms with van der Waals surface area (Å²) in [6.45, 7) is 2.92. The second-order valence-electron chi connectivity index (χ2n) is 9.20. The minimum atomic E-state index is -0.452. The maximum atomic E-state index is 14.4. The third-order valence-electron chi connectivity index (χ3n) is 6.75. The van der Waals surface area contributed by atoms with Crippen molar-refractivity contribution in [1.82, 2.24) is 0 Å². The fraction of sp³-hybridized carbons (Fsp3) is 0.258. The van der Waals surface area contributed by atoms with E-state index in [1.165, 1.54) is 12.1 Å². The van der Waals surface area contributed by atoms with Gasteiger partial charge in [0.2, 0.25) is 0 Å². The quantitative estimate of drug-likeness (QED) is 0.299. The molecule has 39 heavy (non-hydrogen) atoms. The first-order valence-corrected chi connectivity index (χ1v) is 12.9. The van der Waals surface area contributed by atoms with Crippen molar-refractivity contribution in [2.24, 2.45) is 0 Å². The van der Waals surface area contributed by atoms with Gasteiger partial charge in [-0.15, -0.1) is 0 Å². The van der Waals surface area contributed by atoms with E-state index in [0.29, 0.717) is 68.0 Å². The average Bonchev–Trinajstić information content (AvgIpc) is 2.98. The maximum Gasteiger partial charge on any atom is 0.255 e. The molecular weight excluding hydrogens is 499 g/mol. The fourth-order valence-corrected chi connectivity index (χ4v) is 4.73. The molecule has 1 heterocycles. The summed E-state index contributed by atoms with van der Waals surface area (Å²) >= 11 is 0. The van der Waals surface area contributed by atoms with Crippen LogP contribution in [0.25, 0.3) is 10.8 Å². The number of halogens is 1. The molecule has 4 aromatic rings. The first-order valence-electron chi connectivity index (χ1n) is 12.9. The molecule has 1 aliphatic heterocycles. The molecule has 1 N–H and O–H groups in total. The number of methoxy groups -OCH3 is 2. The number of ether oxygens (including phenoxy) is 4. The van der Waals surface area contributed by atoms with Crippen LogP contribution < -0.4 is 24.4 Å². The van der Waals surface area contributed by atoms with Gasteiger partial charge >= 0.3 is 0 Å². The van der Waals surface area contributed by atoms with Gasteiger partial charge in [-0.1, -0.05) is 30.3 Å². The number of hydrogen-bond acceptors (Lipinski definition) is 6. The Morgan fingerprint density at radius 2 is 1.64 bits per heavy atom. The van der Waals surface area contributed by atoms with E-state index in [-0.39, 0.29) is 11.5 Å². The lowest BCUT2D eigenvalue weighted by Crippen LogP contribution is -2.36. The molecule has 0 bridgehead atoms. The molecule has 8 heteroatoms. The van der Waals surface area contributed by atoms with Crippen molar-refractivity contribution < 1.29 is 28.1 Å². The van der Waals surface area contributed by atoms with Crippen LogP contribution in [-0.4, -0.2) is 53.0 Å². The summed E-state index contributed by atoms with van der Waals surface area (Å²) in [5, 5.41) is 4.66. The molecule has 7 nitrogen and oxygen atoms in total. The number of fused-ring (bicyclic) bond motifs is 1. The van der Waals surface area contributed by atoms with Crippen molar-refractivity contribution in [3.8, 4) is 17.2 Å². The number of nitrogens with zero attached hydrogens (tertiary/aromatic N) is 1. The Morgan fingerprint density at radius 3 is 2.41 bits per heavy atom. The standard InChI is InChI=1S/C31H31FN2O5/c1-36-29-9-7-21(17-30(29)37-2)11-14-39-28-10-8-27(25-5-3-4-6-26(25)28)33-31(35)22-18-23(32)20-24(19-22)34-12-15-38-16-13-34/h3-10,17-20H,11-16H2,1-2H3,(H,33,35). The van der Waals surface area contributed by atoms with Gasteiger partial charge < -0.3 is 29.2 Å². The Kier molecular flexibility index (Phi) is 8.13. The molecule has 1 saturated heterocycles. The summed E-state index contributed by atoms with van der Waals surface area (Å²) in [6.07, 6.45) is 0.679. The highest BCUT2D eigenvalue weighted by Gasteiger charge is 2.17. The number of carbonyl (C=O) groups is 1. The fourth-order valence-electron chi connectivity index (χ4n) is 4.73. The van der Waals surface area contributed by atoms with Gasteiger partial charge in [0.05, 0.1) is 34.0 Å². The van der Waals surface area contributed by atoms with Gasteiger partial charge in [-0.3, -0.25) is 4.79 Å². The zero-order valence-corrected chi connectivity index (χ0v) is 22.0. The smallest absolute Gasteiger partial charge is 0.255 e. The van der Waals surface area contributed by atoms with E-state index in [0.717, 1.165) is 16.3 Å². The number of carbonyl (C=O) groups excluding carboxylic acids is 1. The van der Waals surface area contributed by atoms with Crippen LogP contribution in [0.3, 0.4) is 0 Å². The van der Waals surface area contributed by atoms with Gasteiger partial charge in [0.25, 0.3) is 5.91 Å². The number of benzene rings is 4. The van der Waals surface area contributed by atoms with Crippen LogP contribution >= 0.6 is 0 Å². The SMILES string of the molecule is COc1ccc(CCOc2ccc(NC(=O)c3cc(F)cc(N4CCOCC4)c3)c3ccccc23)cc1OC. The van der Waals surface area contributed by atoms with Gasteiger partial charge in [0.1, 0.15) is 11.6 Å². The summed E-state index contributed by atoms with van der Waals surface area (Å²) in [4.78, 5) is 15.2. The van der Waals surface area contributed by atoms with E-state index in [1.54, 1.807) is 20.3 Å². The third kappa shape index (κ3) is 6.07. The summed E-state index contributed by atoms with van der Waals surface area (Å²) in [6, 6.07) is 21.6. The molecule has 0 aromatic heterocycles. The molecule has 0 atom stereocenters. The van der Waals surface area contributed by atoms with Crippen molar-refractivity contribution in [2.45, 2.75) is 6.42 Å². The Labute approximate surface area is 227 Å². The van der Waals surface area contributed by atoms with Crippen molar-refractivity contribution in [2.75, 3.05) is 57.3 Å². The van der Waals surface area contributed by atoms with Gasteiger partial charge in [0, 0.05) is 47.2 Å². The zero-order valence-electron chi connectivity index (χ0n) is 22.0. The average molecular weight is 531 g/mol. The van der Waals surface area contributed by atoms with Crippen LogP contribution in [0.4, 0.5) is 15.8 Å². The molecule has 0 saturated carbocycles. The molecule has 0 unspecified atom stereocenters. The van der Waals surface area contributed by atoms with E-state index in [1.807, 2.05) is 59.5 Å². The summed E-state index contributed by atoms with van der Waals surface area (Å²) < 4.78 is 36.7. The largest absolute Gasteiger partial charge is 0.493 e. The lowest BCUT2D eigenvalue weighted by atomic mass is 10.1. The maximum absolute atomic E-state index is 14.4. The van der Waals surface area contributed by atoms with Gasteiger partial charge in [-0.25, -0.2) is 4.39 Å². The van der Waals surface area contributed by atoms with Crippen LogP contribution in [0.2, 0.25) is 0 Å². The number of rotatable bonds is 9. The highest BCUT2D eigenvalue weighted by Crippen LogP contribution is 2.33. The van der Waals surface area contributed by atoms with E-state index in [2.05, 4.69) is 5.32 Å². The molecular formula is C31H31FN2O5. The van der Waals surface area contributed by atoms with Crippen molar-refractivity contribution in [3.63, 3.8) is 0 Å². The minimum Gasteiger partial charge on any atom is -0.493 e. The molecule has 0 spiro atoms. The Bertz CT molecular complexity index is 1470. The molecule has 202 valence electrons. The predicted molar refractivity (Wildman–Crippen MR) is 150 cm³/mol. The van der Waals surface area contributed by atoms with Crippen LogP contribution in [0.1, 0.15) is 15.9 Å². The van der Waals surface area contributed by atoms with Gasteiger partial charge in [0.15, 0.2) is 11.5 Å². The topological polar surface area (TPSA) is 69.3 Å². The zero-order chi connectivity index (χ0) is 27.2. The lowest BCUT2D eigenvalue weighted by Gasteiger charge is -2.29. The number of hydrogen-bond donors (Lipinski definition) is 1. The molecule has 0 aliphatic carbocycles. The molecule has 1 fully saturated rings. The number of morpholine rings is 1. The van der Waals surface area contributed by atoms with Crippen LogP contribution in [0, 0.1) is 5.82 Å². The van der Waals surface area contributed by atoms with Crippen molar-refractivity contribution >= 4 is 28.1 Å². The highest BCUT2D eigenvalue weighted by molar-refractivity contribution is 6.10. The normalized spacial score (nSPS) is 13.3. The van der Waals surface area contributed by atoms with Gasteiger partial charge in [-0.2, -0.15) is 0 Å². The van der Waals surface area contributed by atoms with E-state index < -0.39 is 5.82 Å². The number of anilines is 2. The molecule has 1 amide bonds. The third-order valence-corrected chi connectivity index (χ3v) is 6.75. The second-order valence-corrected chi connectivity index (χ2v) is 9.20. The monoisotopic (exact) mass is 530 g/mol. The predicted octanol–water partition coefficient (Wildman–Crippen LogP) is 5.71. The Morgan fingerprint density at radius 1 is 0.897 bits per heavy atom. The minimum absolute atomic E-state index is 0.260. The van der Waals surface area contributed by atoms with E-state index in [9.17, 15) is 9.18 Å². The molecule has 4 aromatic carbocycles. The van der Waals surface area contributed by atoms with Crippen molar-refractivity contribution in [1.29, 1.82) is 0 Å². The van der Waals surface area contributed by atoms with Crippen molar-refractivity contribution in [3.05, 3.63) is 89.7 Å². The molecule has 5 rings (SSSR count). The molecule has 1 aliphatic rings. The molecule has 0 radical (unpaired) electrons. The van der Waals surface area contributed by atoms with Crippen LogP contribution in [0.15, 0.2) is 72.8 Å². The van der Waals surface area contributed by atoms with Crippen LogP contribution in [0.5, 0.6) is 17.2 Å². The van der Waals surface area contributed by atoms with Gasteiger partial charge in [-0.05, 0) is 48.0 Å². The highest BCUT2D eigenvalue weighted by atomic mass is 19.1. The Hall–Kier alpha value is -4.30. The summed E-state index contributed by atoms with van der Waals surface area (Å²) in [5.74, 6) is 1.24. The van der Waals surface area contributed by atoms with E-state index >= 15 is 0 Å². The number of amides is 1. The summed E-state index contributed by atoms with van der Waals surface area (Å²) in [7, 11) is 3.22.